The van der Waals surface area contributed by atoms with E-state index < -0.39 is 68.9 Å². The number of benzene rings is 1. The zero-order valence-electron chi connectivity index (χ0n) is 16.3. The van der Waals surface area contributed by atoms with E-state index in [0.29, 0.717) is 5.56 Å². The van der Waals surface area contributed by atoms with E-state index in [9.17, 15) is 32.7 Å². The third-order valence-corrected chi connectivity index (χ3v) is 8.53. The number of amides is 2. The fraction of sp³-hybridized carbons (Fsp3) is 0.444. The van der Waals surface area contributed by atoms with Gasteiger partial charge in [0.05, 0.1) is 18.4 Å². The second-order valence-electron chi connectivity index (χ2n) is 7.50. The Hall–Kier alpha value is -1.95. The second-order valence-corrected chi connectivity index (χ2v) is 10.0. The number of carbonyl (C=O) groups excluding carboxylic acids is 4. The number of carbonyl (C=O) groups is 4. The van der Waals surface area contributed by atoms with Crippen LogP contribution in [0.25, 0.3) is 0 Å². The number of carboxylic acids is 1. The monoisotopic (exact) mass is 444 g/mol. The number of rotatable bonds is 3. The van der Waals surface area contributed by atoms with Gasteiger partial charge < -0.3 is 24.4 Å². The summed E-state index contributed by atoms with van der Waals surface area (Å²) in [5.74, 6) is -4.16. The summed E-state index contributed by atoms with van der Waals surface area (Å²) < 4.78 is 29.2. The van der Waals surface area contributed by atoms with Gasteiger partial charge in [-0.25, -0.2) is 8.42 Å². The first-order chi connectivity index (χ1) is 13.6. The summed E-state index contributed by atoms with van der Waals surface area (Å²) in [6, 6.07) is 5.24. The van der Waals surface area contributed by atoms with Crippen molar-refractivity contribution >= 4 is 33.6 Å². The molecule has 30 heavy (non-hydrogen) atoms. The quantitative estimate of drug-likeness (QED) is 0.255. The van der Waals surface area contributed by atoms with Crippen molar-refractivity contribution in [2.24, 2.45) is 0 Å². The number of carboxylic acid groups (broad SMARTS) is 1. The first-order valence-corrected chi connectivity index (χ1v) is 10.4. The summed E-state index contributed by atoms with van der Waals surface area (Å²) >= 11 is 0. The van der Waals surface area contributed by atoms with Crippen molar-refractivity contribution in [2.45, 2.75) is 35.5 Å². The van der Waals surface area contributed by atoms with E-state index in [2.05, 4.69) is 0 Å². The minimum atomic E-state index is -4.29. The first-order valence-electron chi connectivity index (χ1n) is 8.85. The van der Waals surface area contributed by atoms with E-state index in [1.165, 1.54) is 0 Å². The molecule has 1 aromatic carbocycles. The predicted molar refractivity (Wildman–Crippen MR) is 93.4 cm³/mol. The van der Waals surface area contributed by atoms with Gasteiger partial charge in [0.2, 0.25) is 11.8 Å². The third-order valence-electron chi connectivity index (χ3n) is 5.77. The molecular weight excluding hydrogens is 427 g/mol. The molecule has 3 heterocycles. The number of ether oxygens (including phenoxy) is 1. The number of cyclic esters (lactones) is 1. The van der Waals surface area contributed by atoms with Gasteiger partial charge in [-0.3, -0.25) is 14.4 Å². The number of fused-ring (bicyclic) bond motifs is 1. The maximum Gasteiger partial charge on any atom is 1.00 e. The Morgan fingerprint density at radius 2 is 1.87 bits per heavy atom. The summed E-state index contributed by atoms with van der Waals surface area (Å²) in [6.45, 7) is -0.241. The van der Waals surface area contributed by atoms with Crippen LogP contribution < -0.4 is 34.7 Å². The molecule has 12 heteroatoms. The van der Waals surface area contributed by atoms with Crippen LogP contribution in [0.3, 0.4) is 0 Å². The van der Waals surface area contributed by atoms with Gasteiger partial charge in [-0.1, -0.05) is 30.3 Å². The van der Waals surface area contributed by atoms with Crippen LogP contribution in [-0.2, 0) is 40.2 Å². The minimum absolute atomic E-state index is 0. The number of hydrogen-bond donors (Lipinski definition) is 0. The van der Waals surface area contributed by atoms with Crippen LogP contribution in [-0.4, -0.2) is 77.3 Å². The summed E-state index contributed by atoms with van der Waals surface area (Å²) in [5, 5.41) is 10.1. The van der Waals surface area contributed by atoms with Crippen LogP contribution >= 0.6 is 0 Å². The second kappa shape index (κ2) is 7.63. The molecule has 0 spiro atoms. The van der Waals surface area contributed by atoms with Crippen molar-refractivity contribution in [3.63, 3.8) is 0 Å². The van der Waals surface area contributed by atoms with E-state index >= 15 is 0 Å². The van der Waals surface area contributed by atoms with Crippen molar-refractivity contribution in [3.05, 3.63) is 35.9 Å². The number of esters is 1. The molecule has 2 bridgehead atoms. The fourth-order valence-electron chi connectivity index (χ4n) is 4.22. The molecule has 1 unspecified atom stereocenters. The molecule has 3 aliphatic heterocycles. The average Bonchev–Trinajstić information content (AvgIpc) is 2.83. The molecule has 10 nitrogen and oxygen atoms in total. The molecule has 4 atom stereocenters. The largest absolute Gasteiger partial charge is 1.00 e. The van der Waals surface area contributed by atoms with Gasteiger partial charge in [0, 0.05) is 0 Å². The number of β-lactam (4-membered cyclic amide) rings is 1. The van der Waals surface area contributed by atoms with E-state index in [4.69, 9.17) is 4.74 Å². The Bertz CT molecular complexity index is 1030. The topological polar surface area (TPSA) is 141 Å². The molecule has 154 valence electrons. The Morgan fingerprint density at radius 1 is 1.23 bits per heavy atom. The van der Waals surface area contributed by atoms with Crippen LogP contribution in [0.4, 0.5) is 0 Å². The predicted octanol–water partition coefficient (Wildman–Crippen LogP) is -5.54. The number of sulfone groups is 1. The fourth-order valence-corrected chi connectivity index (χ4v) is 6.65. The van der Waals surface area contributed by atoms with Crippen molar-refractivity contribution in [1.29, 1.82) is 0 Å². The van der Waals surface area contributed by atoms with E-state index in [-0.39, 0.29) is 36.0 Å². The first kappa shape index (κ1) is 22.7. The van der Waals surface area contributed by atoms with E-state index in [0.717, 1.165) is 16.7 Å². The van der Waals surface area contributed by atoms with Gasteiger partial charge >= 0.3 is 35.5 Å². The Morgan fingerprint density at radius 3 is 2.47 bits per heavy atom. The maximum absolute atomic E-state index is 13.1. The Balaban J connectivity index is 0.00000256. The smallest absolute Gasteiger partial charge is 0.548 e. The van der Waals surface area contributed by atoms with Gasteiger partial charge in [0.15, 0.2) is 15.2 Å². The molecular formula is C18H17N2NaO8S. The van der Waals surface area contributed by atoms with E-state index in [1.54, 1.807) is 30.3 Å². The Labute approximate surface area is 194 Å². The molecule has 2 amide bonds. The van der Waals surface area contributed by atoms with Crippen LogP contribution in [0.2, 0.25) is 0 Å². The molecule has 0 N–H and O–H groups in total. The molecule has 0 aliphatic carbocycles. The van der Waals surface area contributed by atoms with Crippen LogP contribution in [0.15, 0.2) is 30.3 Å². The zero-order valence-corrected chi connectivity index (χ0v) is 19.1. The van der Waals surface area contributed by atoms with Gasteiger partial charge in [0.25, 0.3) is 0 Å². The molecule has 4 rings (SSSR count). The zero-order chi connectivity index (χ0) is 21.1. The van der Waals surface area contributed by atoms with Crippen molar-refractivity contribution in [3.8, 4) is 0 Å². The van der Waals surface area contributed by atoms with Crippen LogP contribution in [0, 0.1) is 0 Å². The maximum atomic E-state index is 13.1. The average molecular weight is 444 g/mol. The summed E-state index contributed by atoms with van der Waals surface area (Å²) in [7, 11) is -4.29. The number of hydrogen-bond acceptors (Lipinski definition) is 8. The van der Waals surface area contributed by atoms with Gasteiger partial charge in [-0.15, -0.1) is 0 Å². The molecule has 0 radical (unpaired) electrons. The molecule has 3 fully saturated rings. The number of aliphatic carboxylic acids is 1. The Kier molecular flexibility index (Phi) is 5.78. The molecule has 3 saturated heterocycles. The standard InChI is InChI=1S/C18H18N2O8S.Na/c1-18-9-28-12(22)8-19(11(21)7-10-5-3-2-4-6-10)13-15(23)20(14(18)17(24)25)16(13)29(18,26)27;/h2-6,13-14,16H,7-9H2,1H3,(H,24,25);/q;+1/p-1/t13-,14+,16?,18+;/m1./s1. The summed E-state index contributed by atoms with van der Waals surface area (Å²) in [5.41, 5.74) is 0.612. The van der Waals surface area contributed by atoms with E-state index in [1.807, 2.05) is 0 Å². The summed E-state index contributed by atoms with van der Waals surface area (Å²) in [6.07, 6.45) is -0.161. The SMILES string of the molecule is C[C@@]12COC(=O)CN(C(=O)Cc3ccccc3)[C@@H]3C(=O)N(C3S1(=O)=O)[C@H]2C(=O)[O-].[Na+]. The normalized spacial score (nSPS) is 31.4. The van der Waals surface area contributed by atoms with Crippen molar-refractivity contribution in [1.82, 2.24) is 9.80 Å². The van der Waals surface area contributed by atoms with Crippen molar-refractivity contribution < 1.29 is 67.0 Å². The number of nitrogens with zero attached hydrogens (tertiary/aromatic N) is 2. The van der Waals surface area contributed by atoms with Crippen molar-refractivity contribution in [2.75, 3.05) is 13.2 Å². The molecule has 1 aromatic rings. The van der Waals surface area contributed by atoms with Gasteiger partial charge in [-0.2, -0.15) is 0 Å². The van der Waals surface area contributed by atoms with Crippen LogP contribution in [0.5, 0.6) is 0 Å². The molecule has 3 aliphatic rings. The summed E-state index contributed by atoms with van der Waals surface area (Å²) in [4.78, 5) is 51.1. The molecule has 0 saturated carbocycles. The van der Waals surface area contributed by atoms with Crippen LogP contribution in [0.1, 0.15) is 12.5 Å². The van der Waals surface area contributed by atoms with Gasteiger partial charge in [0.1, 0.15) is 23.9 Å². The molecule has 0 aromatic heterocycles. The minimum Gasteiger partial charge on any atom is -0.548 e. The van der Waals surface area contributed by atoms with Gasteiger partial charge in [-0.05, 0) is 12.5 Å². The third kappa shape index (κ3) is 3.06.